The summed E-state index contributed by atoms with van der Waals surface area (Å²) in [6.45, 7) is 0.257. The lowest BCUT2D eigenvalue weighted by Gasteiger charge is -2.07. The Balaban J connectivity index is 2.07. The quantitative estimate of drug-likeness (QED) is 0.861. The van der Waals surface area contributed by atoms with Crippen molar-refractivity contribution < 1.29 is 19.7 Å². The van der Waals surface area contributed by atoms with Crippen LogP contribution in [0.5, 0.6) is 11.5 Å². The molecule has 0 unspecified atom stereocenters. The first-order chi connectivity index (χ1) is 8.66. The fourth-order valence-corrected chi connectivity index (χ4v) is 1.42. The number of nitrogens with zero attached hydrogens (tertiary/aromatic N) is 1. The highest BCUT2D eigenvalue weighted by Crippen LogP contribution is 2.24. The van der Waals surface area contributed by atoms with Crippen molar-refractivity contribution in [2.45, 2.75) is 6.61 Å². The predicted octanol–water partition coefficient (Wildman–Crippen LogP) is 2.06. The third kappa shape index (κ3) is 2.76. The SMILES string of the molecule is O=C(O)c1ccc(OCc2ccccn2)cc1O. The van der Waals surface area contributed by atoms with Crippen molar-refractivity contribution in [3.05, 3.63) is 53.9 Å². The molecule has 2 rings (SSSR count). The number of aromatic hydroxyl groups is 1. The molecule has 0 saturated carbocycles. The number of aromatic nitrogens is 1. The largest absolute Gasteiger partial charge is 0.507 e. The number of pyridine rings is 1. The van der Waals surface area contributed by atoms with E-state index < -0.39 is 5.97 Å². The highest BCUT2D eigenvalue weighted by molar-refractivity contribution is 5.90. The number of aromatic carboxylic acids is 1. The Morgan fingerprint density at radius 1 is 1.28 bits per heavy atom. The maximum atomic E-state index is 10.7. The Kier molecular flexibility index (Phi) is 3.43. The number of phenols is 1. The number of carbonyl (C=O) groups is 1. The van der Waals surface area contributed by atoms with Crippen molar-refractivity contribution in [2.75, 3.05) is 0 Å². The van der Waals surface area contributed by atoms with Crippen LogP contribution in [0.25, 0.3) is 0 Å². The zero-order chi connectivity index (χ0) is 13.0. The fraction of sp³-hybridized carbons (Fsp3) is 0.0769. The summed E-state index contributed by atoms with van der Waals surface area (Å²) in [5.74, 6) is -1.10. The van der Waals surface area contributed by atoms with Crippen molar-refractivity contribution in [2.24, 2.45) is 0 Å². The van der Waals surface area contributed by atoms with Gasteiger partial charge >= 0.3 is 5.97 Å². The molecule has 92 valence electrons. The molecule has 0 aliphatic carbocycles. The average Bonchev–Trinajstić information content (AvgIpc) is 2.37. The lowest BCUT2D eigenvalue weighted by Crippen LogP contribution is -1.99. The summed E-state index contributed by atoms with van der Waals surface area (Å²) < 4.78 is 5.39. The molecule has 1 aromatic heterocycles. The minimum absolute atomic E-state index is 0.153. The Morgan fingerprint density at radius 3 is 2.72 bits per heavy atom. The topological polar surface area (TPSA) is 79.7 Å². The van der Waals surface area contributed by atoms with E-state index in [1.807, 2.05) is 12.1 Å². The lowest BCUT2D eigenvalue weighted by atomic mass is 10.2. The summed E-state index contributed by atoms with van der Waals surface area (Å²) in [6.07, 6.45) is 1.66. The van der Waals surface area contributed by atoms with E-state index >= 15 is 0 Å². The number of carboxylic acid groups (broad SMARTS) is 1. The monoisotopic (exact) mass is 245 g/mol. The minimum Gasteiger partial charge on any atom is -0.507 e. The Hall–Kier alpha value is -2.56. The molecule has 5 nitrogen and oxygen atoms in total. The first-order valence-corrected chi connectivity index (χ1v) is 5.26. The molecule has 0 atom stereocenters. The van der Waals surface area contributed by atoms with Gasteiger partial charge in [0.05, 0.1) is 5.69 Å². The van der Waals surface area contributed by atoms with E-state index in [1.165, 1.54) is 18.2 Å². The van der Waals surface area contributed by atoms with Gasteiger partial charge in [0.15, 0.2) is 0 Å². The second-order valence-corrected chi connectivity index (χ2v) is 3.59. The molecule has 0 spiro atoms. The van der Waals surface area contributed by atoms with Gasteiger partial charge in [-0.25, -0.2) is 4.79 Å². The van der Waals surface area contributed by atoms with Gasteiger partial charge in [-0.15, -0.1) is 0 Å². The average molecular weight is 245 g/mol. The van der Waals surface area contributed by atoms with Gasteiger partial charge in [-0.1, -0.05) is 6.07 Å². The van der Waals surface area contributed by atoms with Crippen LogP contribution < -0.4 is 4.74 Å². The maximum Gasteiger partial charge on any atom is 0.339 e. The number of carboxylic acids is 1. The molecule has 1 heterocycles. The molecule has 0 radical (unpaired) electrons. The number of benzene rings is 1. The number of rotatable bonds is 4. The van der Waals surface area contributed by atoms with Crippen LogP contribution in [0.15, 0.2) is 42.6 Å². The molecular formula is C13H11NO4. The lowest BCUT2D eigenvalue weighted by molar-refractivity contribution is 0.0693. The summed E-state index contributed by atoms with van der Waals surface area (Å²) >= 11 is 0. The Bertz CT molecular complexity index is 554. The van der Waals surface area contributed by atoms with E-state index in [-0.39, 0.29) is 17.9 Å². The normalized spacial score (nSPS) is 10.0. The summed E-state index contributed by atoms with van der Waals surface area (Å²) in [5, 5.41) is 18.2. The van der Waals surface area contributed by atoms with E-state index in [2.05, 4.69) is 4.98 Å². The standard InChI is InChI=1S/C13H11NO4/c15-12-7-10(4-5-11(12)13(16)17)18-8-9-3-1-2-6-14-9/h1-7,15H,8H2,(H,16,17). The van der Waals surface area contributed by atoms with Crippen LogP contribution in [0.4, 0.5) is 0 Å². The molecule has 2 N–H and O–H groups in total. The first kappa shape index (κ1) is 11.9. The van der Waals surface area contributed by atoms with Gasteiger partial charge in [-0.05, 0) is 24.3 Å². The zero-order valence-electron chi connectivity index (χ0n) is 9.41. The Labute approximate surface area is 103 Å². The molecule has 1 aromatic carbocycles. The minimum atomic E-state index is -1.18. The summed E-state index contributed by atoms with van der Waals surface area (Å²) in [6, 6.07) is 9.52. The molecule has 0 bridgehead atoms. The van der Waals surface area contributed by atoms with Crippen LogP contribution in [-0.4, -0.2) is 21.2 Å². The van der Waals surface area contributed by atoms with Gasteiger partial charge in [-0.3, -0.25) is 4.98 Å². The molecule has 0 aliphatic heterocycles. The number of hydrogen-bond donors (Lipinski definition) is 2. The molecule has 2 aromatic rings. The second-order valence-electron chi connectivity index (χ2n) is 3.59. The highest BCUT2D eigenvalue weighted by atomic mass is 16.5. The van der Waals surface area contributed by atoms with Gasteiger partial charge in [0, 0.05) is 12.3 Å². The van der Waals surface area contributed by atoms with Crippen molar-refractivity contribution in [1.82, 2.24) is 4.98 Å². The van der Waals surface area contributed by atoms with Crippen LogP contribution in [0.3, 0.4) is 0 Å². The molecular weight excluding hydrogens is 234 g/mol. The van der Waals surface area contributed by atoms with Crippen LogP contribution in [0, 0.1) is 0 Å². The number of ether oxygens (including phenoxy) is 1. The summed E-state index contributed by atoms with van der Waals surface area (Å²) in [7, 11) is 0. The van der Waals surface area contributed by atoms with Crippen molar-refractivity contribution in [1.29, 1.82) is 0 Å². The van der Waals surface area contributed by atoms with Crippen molar-refractivity contribution in [3.8, 4) is 11.5 Å². The summed E-state index contributed by atoms with van der Waals surface area (Å²) in [5.41, 5.74) is 0.597. The molecule has 0 aliphatic rings. The van der Waals surface area contributed by atoms with Crippen LogP contribution in [0.1, 0.15) is 16.1 Å². The zero-order valence-corrected chi connectivity index (χ0v) is 9.41. The van der Waals surface area contributed by atoms with E-state index in [1.54, 1.807) is 12.3 Å². The van der Waals surface area contributed by atoms with E-state index in [0.717, 1.165) is 5.69 Å². The summed E-state index contributed by atoms with van der Waals surface area (Å²) in [4.78, 5) is 14.8. The molecule has 0 fully saturated rings. The van der Waals surface area contributed by atoms with Gasteiger partial charge in [0.2, 0.25) is 0 Å². The van der Waals surface area contributed by atoms with Crippen LogP contribution in [0.2, 0.25) is 0 Å². The predicted molar refractivity (Wildman–Crippen MR) is 63.6 cm³/mol. The van der Waals surface area contributed by atoms with Crippen molar-refractivity contribution >= 4 is 5.97 Å². The Morgan fingerprint density at radius 2 is 2.11 bits per heavy atom. The van der Waals surface area contributed by atoms with Crippen molar-refractivity contribution in [3.63, 3.8) is 0 Å². The molecule has 0 saturated heterocycles. The van der Waals surface area contributed by atoms with Gasteiger partial charge in [-0.2, -0.15) is 0 Å². The third-order valence-corrected chi connectivity index (χ3v) is 2.31. The fourth-order valence-electron chi connectivity index (χ4n) is 1.42. The van der Waals surface area contributed by atoms with Gasteiger partial charge in [0.25, 0.3) is 0 Å². The molecule has 0 amide bonds. The maximum absolute atomic E-state index is 10.7. The molecule has 5 heteroatoms. The first-order valence-electron chi connectivity index (χ1n) is 5.26. The van der Waals surface area contributed by atoms with Gasteiger partial charge < -0.3 is 14.9 Å². The van der Waals surface area contributed by atoms with E-state index in [0.29, 0.717) is 5.75 Å². The van der Waals surface area contributed by atoms with E-state index in [9.17, 15) is 9.90 Å². The number of hydrogen-bond acceptors (Lipinski definition) is 4. The third-order valence-electron chi connectivity index (χ3n) is 2.31. The highest BCUT2D eigenvalue weighted by Gasteiger charge is 2.10. The second kappa shape index (κ2) is 5.18. The van der Waals surface area contributed by atoms with Gasteiger partial charge in [0.1, 0.15) is 23.7 Å². The smallest absolute Gasteiger partial charge is 0.339 e. The van der Waals surface area contributed by atoms with E-state index in [4.69, 9.17) is 9.84 Å². The van der Waals surface area contributed by atoms with Crippen LogP contribution in [-0.2, 0) is 6.61 Å². The molecule has 18 heavy (non-hydrogen) atoms. The van der Waals surface area contributed by atoms with Crippen LogP contribution >= 0.6 is 0 Å².